The summed E-state index contributed by atoms with van der Waals surface area (Å²) in [6.07, 6.45) is 0. The number of para-hydroxylation sites is 2. The zero-order valence-corrected chi connectivity index (χ0v) is 28.5. The second kappa shape index (κ2) is 12.5. The summed E-state index contributed by atoms with van der Waals surface area (Å²) in [6.45, 7) is 0. The van der Waals surface area contributed by atoms with Gasteiger partial charge in [0.25, 0.3) is 0 Å². The third kappa shape index (κ3) is 5.04. The van der Waals surface area contributed by atoms with Crippen LogP contribution >= 0.6 is 0 Å². The van der Waals surface area contributed by atoms with Crippen molar-refractivity contribution in [3.8, 4) is 27.9 Å². The predicted octanol–water partition coefficient (Wildman–Crippen LogP) is 13.9. The van der Waals surface area contributed by atoms with E-state index in [2.05, 4.69) is 216 Å². The van der Waals surface area contributed by atoms with Crippen molar-refractivity contribution in [1.82, 2.24) is 4.57 Å². The van der Waals surface area contributed by atoms with Crippen LogP contribution in [0.3, 0.4) is 0 Å². The first-order valence-electron chi connectivity index (χ1n) is 17.9. The second-order valence-corrected chi connectivity index (χ2v) is 13.4. The zero-order chi connectivity index (χ0) is 34.4. The molecule has 0 bridgehead atoms. The fourth-order valence-electron chi connectivity index (χ4n) is 7.97. The molecule has 0 aliphatic heterocycles. The Morgan fingerprint density at radius 1 is 0.327 bits per heavy atom. The molecule has 1 heterocycles. The van der Waals surface area contributed by atoms with Gasteiger partial charge in [0.15, 0.2) is 0 Å². The molecule has 0 unspecified atom stereocenters. The molecule has 0 saturated heterocycles. The SMILES string of the molecule is c1ccc(-c2cccc(N(c3cccc(-c4cccc5c4c4ccccc4n5-c4ccccc4)c3)c3ccc4c(ccc5ccccc54)c3)c2)cc1. The third-order valence-electron chi connectivity index (χ3n) is 10.3. The van der Waals surface area contributed by atoms with Gasteiger partial charge < -0.3 is 9.47 Å². The van der Waals surface area contributed by atoms with Crippen molar-refractivity contribution in [2.45, 2.75) is 0 Å². The number of benzene rings is 9. The maximum Gasteiger partial charge on any atom is 0.0547 e. The van der Waals surface area contributed by atoms with Gasteiger partial charge in [0, 0.05) is 33.5 Å². The Labute approximate surface area is 303 Å². The Hall–Kier alpha value is -6.90. The molecular weight excluding hydrogens is 629 g/mol. The summed E-state index contributed by atoms with van der Waals surface area (Å²) >= 11 is 0. The molecule has 2 heteroatoms. The van der Waals surface area contributed by atoms with Crippen LogP contribution in [0.2, 0.25) is 0 Å². The summed E-state index contributed by atoms with van der Waals surface area (Å²) < 4.78 is 2.39. The van der Waals surface area contributed by atoms with Crippen molar-refractivity contribution < 1.29 is 0 Å². The van der Waals surface area contributed by atoms with E-state index in [0.29, 0.717) is 0 Å². The minimum atomic E-state index is 1.10. The monoisotopic (exact) mass is 662 g/mol. The fourth-order valence-corrected chi connectivity index (χ4v) is 7.97. The minimum Gasteiger partial charge on any atom is -0.310 e. The van der Waals surface area contributed by atoms with Gasteiger partial charge in [-0.1, -0.05) is 146 Å². The summed E-state index contributed by atoms with van der Waals surface area (Å²) in [6, 6.07) is 74.7. The number of anilines is 3. The third-order valence-corrected chi connectivity index (χ3v) is 10.3. The number of fused-ring (bicyclic) bond motifs is 6. The van der Waals surface area contributed by atoms with Crippen molar-refractivity contribution in [2.24, 2.45) is 0 Å². The molecule has 0 aliphatic carbocycles. The zero-order valence-electron chi connectivity index (χ0n) is 28.5. The lowest BCUT2D eigenvalue weighted by Gasteiger charge is -2.27. The molecule has 244 valence electrons. The molecule has 10 rings (SSSR count). The van der Waals surface area contributed by atoms with E-state index in [9.17, 15) is 0 Å². The number of hydrogen-bond acceptors (Lipinski definition) is 1. The topological polar surface area (TPSA) is 8.17 Å². The molecule has 0 amide bonds. The molecule has 0 atom stereocenters. The lowest BCUT2D eigenvalue weighted by molar-refractivity contribution is 1.18. The molecule has 0 N–H and O–H groups in total. The average Bonchev–Trinajstić information content (AvgIpc) is 3.56. The summed E-state index contributed by atoms with van der Waals surface area (Å²) in [7, 11) is 0. The van der Waals surface area contributed by atoms with E-state index in [-0.39, 0.29) is 0 Å². The molecule has 0 spiro atoms. The van der Waals surface area contributed by atoms with Crippen LogP contribution in [0.1, 0.15) is 0 Å². The quantitative estimate of drug-likeness (QED) is 0.161. The van der Waals surface area contributed by atoms with Gasteiger partial charge in [-0.05, 0) is 104 Å². The maximum atomic E-state index is 2.40. The molecule has 9 aromatic carbocycles. The summed E-state index contributed by atoms with van der Waals surface area (Å²) in [4.78, 5) is 2.40. The van der Waals surface area contributed by atoms with Crippen LogP contribution in [-0.4, -0.2) is 4.57 Å². The molecule has 2 nitrogen and oxygen atoms in total. The van der Waals surface area contributed by atoms with Gasteiger partial charge >= 0.3 is 0 Å². The summed E-state index contributed by atoms with van der Waals surface area (Å²) in [5.41, 5.74) is 11.7. The van der Waals surface area contributed by atoms with E-state index >= 15 is 0 Å². The average molecular weight is 663 g/mol. The molecule has 0 radical (unpaired) electrons. The lowest BCUT2D eigenvalue weighted by Crippen LogP contribution is -2.10. The Balaban J connectivity index is 1.18. The highest BCUT2D eigenvalue weighted by atomic mass is 15.1. The standard InChI is InChI=1S/C50H34N2/c1-3-14-35(15-4-1)37-17-11-21-41(32-37)51(43-30-31-45-39(34-43)29-28-36-16-7-8-23-44(36)45)42-22-12-18-38(33-42)46-25-13-27-49-50(46)47-24-9-10-26-48(47)52(49)40-19-5-2-6-20-40/h1-34H. The van der Waals surface area contributed by atoms with Gasteiger partial charge in [0.1, 0.15) is 0 Å². The van der Waals surface area contributed by atoms with Gasteiger partial charge in [-0.2, -0.15) is 0 Å². The summed E-state index contributed by atoms with van der Waals surface area (Å²) in [5.74, 6) is 0. The van der Waals surface area contributed by atoms with E-state index < -0.39 is 0 Å². The van der Waals surface area contributed by atoms with Gasteiger partial charge in [-0.3, -0.25) is 0 Å². The summed E-state index contributed by atoms with van der Waals surface area (Å²) in [5, 5.41) is 7.51. The molecule has 1 aromatic heterocycles. The smallest absolute Gasteiger partial charge is 0.0547 e. The van der Waals surface area contributed by atoms with Gasteiger partial charge in [-0.15, -0.1) is 0 Å². The molecule has 0 fully saturated rings. The van der Waals surface area contributed by atoms with E-state index in [0.717, 1.165) is 22.7 Å². The van der Waals surface area contributed by atoms with Crippen LogP contribution in [0, 0.1) is 0 Å². The molecule has 0 aliphatic rings. The highest BCUT2D eigenvalue weighted by molar-refractivity contribution is 6.16. The highest BCUT2D eigenvalue weighted by Crippen LogP contribution is 2.43. The van der Waals surface area contributed by atoms with Crippen molar-refractivity contribution in [2.75, 3.05) is 4.90 Å². The van der Waals surface area contributed by atoms with Gasteiger partial charge in [0.05, 0.1) is 11.0 Å². The Morgan fingerprint density at radius 2 is 0.904 bits per heavy atom. The van der Waals surface area contributed by atoms with E-state index in [1.807, 2.05) is 0 Å². The molecular formula is C50H34N2. The first-order chi connectivity index (χ1) is 25.8. The first-order valence-corrected chi connectivity index (χ1v) is 17.9. The van der Waals surface area contributed by atoms with Crippen LogP contribution in [0.5, 0.6) is 0 Å². The van der Waals surface area contributed by atoms with Crippen molar-refractivity contribution in [3.05, 3.63) is 206 Å². The largest absolute Gasteiger partial charge is 0.310 e. The predicted molar refractivity (Wildman–Crippen MR) is 221 cm³/mol. The highest BCUT2D eigenvalue weighted by Gasteiger charge is 2.19. The van der Waals surface area contributed by atoms with Crippen molar-refractivity contribution in [3.63, 3.8) is 0 Å². The van der Waals surface area contributed by atoms with Gasteiger partial charge in [0.2, 0.25) is 0 Å². The Morgan fingerprint density at radius 3 is 1.73 bits per heavy atom. The number of rotatable bonds is 6. The number of hydrogen-bond donors (Lipinski definition) is 0. The number of nitrogens with zero attached hydrogens (tertiary/aromatic N) is 2. The first kappa shape index (κ1) is 30.0. The van der Waals surface area contributed by atoms with Crippen molar-refractivity contribution in [1.29, 1.82) is 0 Å². The maximum absolute atomic E-state index is 2.40. The van der Waals surface area contributed by atoms with E-state index in [1.165, 1.54) is 65.6 Å². The van der Waals surface area contributed by atoms with Crippen LogP contribution in [0.25, 0.3) is 71.3 Å². The Bertz CT molecular complexity index is 2900. The van der Waals surface area contributed by atoms with Crippen molar-refractivity contribution >= 4 is 60.4 Å². The number of aromatic nitrogens is 1. The van der Waals surface area contributed by atoms with Gasteiger partial charge in [-0.25, -0.2) is 0 Å². The van der Waals surface area contributed by atoms with E-state index in [1.54, 1.807) is 0 Å². The minimum absolute atomic E-state index is 1.10. The Kier molecular flexibility index (Phi) is 7.18. The molecule has 10 aromatic rings. The molecule has 0 saturated carbocycles. The lowest BCUT2D eigenvalue weighted by atomic mass is 9.98. The second-order valence-electron chi connectivity index (χ2n) is 13.4. The van der Waals surface area contributed by atoms with Crippen LogP contribution in [0.4, 0.5) is 17.1 Å². The molecule has 52 heavy (non-hydrogen) atoms. The van der Waals surface area contributed by atoms with Crippen LogP contribution < -0.4 is 4.90 Å². The van der Waals surface area contributed by atoms with Crippen LogP contribution in [-0.2, 0) is 0 Å². The normalized spacial score (nSPS) is 11.5. The fraction of sp³-hybridized carbons (Fsp3) is 0. The van der Waals surface area contributed by atoms with E-state index in [4.69, 9.17) is 0 Å². The van der Waals surface area contributed by atoms with Crippen LogP contribution in [0.15, 0.2) is 206 Å².